The molecule has 0 unspecified atom stereocenters. The molecule has 57 heavy (non-hydrogen) atoms. The van der Waals surface area contributed by atoms with Crippen LogP contribution in [0.3, 0.4) is 0 Å². The number of hydrogen-bond donors (Lipinski definition) is 0. The summed E-state index contributed by atoms with van der Waals surface area (Å²) in [6.07, 6.45) is 0. The second-order valence-electron chi connectivity index (χ2n) is 13.1. The lowest BCUT2D eigenvalue weighted by Gasteiger charge is -2.29. The Labute approximate surface area is 359 Å². The van der Waals surface area contributed by atoms with E-state index in [9.17, 15) is 15.1 Å². The van der Waals surface area contributed by atoms with Crippen molar-refractivity contribution in [1.29, 1.82) is 0 Å². The zero-order valence-corrected chi connectivity index (χ0v) is 30.1. The molecule has 10 aromatic carbocycles. The smallest absolute Gasteiger partial charge is 0.0645 e. The van der Waals surface area contributed by atoms with E-state index in [2.05, 4.69) is 0 Å². The van der Waals surface area contributed by atoms with Crippen molar-refractivity contribution >= 4 is 38.6 Å². The second-order valence-corrected chi connectivity index (χ2v) is 13.1. The van der Waals surface area contributed by atoms with Gasteiger partial charge in [-0.2, -0.15) is 0 Å². The van der Waals surface area contributed by atoms with Gasteiger partial charge in [0.2, 0.25) is 0 Å². The lowest BCUT2D eigenvalue weighted by atomic mass is 9.89. The number of nitrogens with zero attached hydrogens (tertiary/aromatic N) is 1. The minimum absolute atomic E-state index is 0.000749. The summed E-state index contributed by atoms with van der Waals surface area (Å²) in [5, 5.41) is 0.308. The highest BCUT2D eigenvalue weighted by molar-refractivity contribution is 6.04. The van der Waals surface area contributed by atoms with E-state index in [4.69, 9.17) is 9.60 Å². The van der Waals surface area contributed by atoms with E-state index >= 15 is 0 Å². The molecule has 0 atom stereocenters. The topological polar surface area (TPSA) is 3.24 Å². The van der Waals surface area contributed by atoms with E-state index < -0.39 is 142 Å². The Morgan fingerprint density at radius 3 is 1.58 bits per heavy atom. The van der Waals surface area contributed by atoms with Gasteiger partial charge in [-0.15, -0.1) is 0 Å². The molecule has 1 heteroatoms. The number of fused-ring (bicyclic) bond motifs is 2. The summed E-state index contributed by atoms with van der Waals surface area (Å²) in [7, 11) is 0. The second kappa shape index (κ2) is 15.0. The highest BCUT2D eigenvalue weighted by Gasteiger charge is 2.20. The third-order valence-corrected chi connectivity index (χ3v) is 9.64. The van der Waals surface area contributed by atoms with Gasteiger partial charge in [0.05, 0.1) is 30.4 Å². The van der Waals surface area contributed by atoms with E-state index in [-0.39, 0.29) is 28.3 Å². The van der Waals surface area contributed by atoms with E-state index in [1.807, 2.05) is 54.6 Å². The molecule has 0 bridgehead atoms. The Kier molecular flexibility index (Phi) is 5.23. The molecule has 0 N–H and O–H groups in total. The Morgan fingerprint density at radius 1 is 0.316 bits per heavy atom. The summed E-state index contributed by atoms with van der Waals surface area (Å²) in [5.74, 6) is 0. The van der Waals surface area contributed by atoms with Gasteiger partial charge in [-0.3, -0.25) is 0 Å². The first-order chi connectivity index (χ1) is 35.8. The molecule has 0 fully saturated rings. The first-order valence-electron chi connectivity index (χ1n) is 27.1. The van der Waals surface area contributed by atoms with Crippen molar-refractivity contribution in [3.05, 3.63) is 236 Å². The van der Waals surface area contributed by atoms with Crippen LogP contribution in [-0.4, -0.2) is 0 Å². The minimum atomic E-state index is -0.967. The van der Waals surface area contributed by atoms with Crippen molar-refractivity contribution in [2.75, 3.05) is 4.90 Å². The third-order valence-electron chi connectivity index (χ3n) is 9.64. The van der Waals surface area contributed by atoms with Crippen molar-refractivity contribution in [3.8, 4) is 55.6 Å². The molecule has 0 aromatic heterocycles. The van der Waals surface area contributed by atoms with Gasteiger partial charge < -0.3 is 4.90 Å². The number of hydrogen-bond acceptors (Lipinski definition) is 1. The maximum Gasteiger partial charge on any atom is 0.0645 e. The molecule has 0 saturated carbocycles. The molecule has 0 radical (unpaired) electrons. The highest BCUT2D eigenvalue weighted by atomic mass is 15.1. The first-order valence-corrected chi connectivity index (χ1v) is 18.1. The van der Waals surface area contributed by atoms with Crippen molar-refractivity contribution in [2.45, 2.75) is 0 Å². The van der Waals surface area contributed by atoms with Crippen LogP contribution >= 0.6 is 0 Å². The van der Waals surface area contributed by atoms with Gasteiger partial charge in [-0.25, -0.2) is 0 Å². The molecular formula is C56H39N. The Morgan fingerprint density at radius 2 is 0.877 bits per heavy atom. The van der Waals surface area contributed by atoms with Gasteiger partial charge in [-0.1, -0.05) is 200 Å². The molecule has 0 saturated heterocycles. The molecule has 1 nitrogen and oxygen atoms in total. The van der Waals surface area contributed by atoms with Crippen LogP contribution in [0.2, 0.25) is 0 Å². The zero-order chi connectivity index (χ0) is 53.6. The lowest BCUT2D eigenvalue weighted by molar-refractivity contribution is 1.28. The fraction of sp³-hybridized carbons (Fsp3) is 0. The van der Waals surface area contributed by atoms with Gasteiger partial charge in [0.15, 0.2) is 0 Å². The fourth-order valence-electron chi connectivity index (χ4n) is 6.95. The quantitative estimate of drug-likeness (QED) is 0.150. The van der Waals surface area contributed by atoms with Gasteiger partial charge >= 0.3 is 0 Å². The van der Waals surface area contributed by atoms with Crippen LogP contribution in [0.25, 0.3) is 77.2 Å². The molecule has 0 aliphatic carbocycles. The molecule has 0 spiro atoms. The Bertz CT molecular complexity index is 3970. The SMILES string of the molecule is [2H]c1c([2H])c(N(c2c([2H])c([2H])c(-c3c(-c4ccccc4)ccc4ccccc34)c([2H])c2[2H])c2c([2H])c([2H])c(-c3c([2H])c([2H])c([2H])c4c([2H])c([2H])c([2H])c([2H])c34)c([2H])c2[2H])c(-c2ccccc2)c([2H])c1-c1ccccc1. The molecule has 10 rings (SSSR count). The average Bonchev–Trinajstić information content (AvgIpc) is 3.42. The van der Waals surface area contributed by atoms with Gasteiger partial charge in [0.25, 0.3) is 0 Å². The van der Waals surface area contributed by atoms with Crippen LogP contribution in [0.1, 0.15) is 24.7 Å². The third kappa shape index (κ3) is 6.56. The summed E-state index contributed by atoms with van der Waals surface area (Å²) in [4.78, 5) is 0.862. The van der Waals surface area contributed by atoms with Gasteiger partial charge in [0, 0.05) is 16.9 Å². The highest BCUT2D eigenvalue weighted by Crippen LogP contribution is 2.45. The Hall–Kier alpha value is -7.48. The monoisotopic (exact) mass is 743 g/mol. The first kappa shape index (κ1) is 19.9. The van der Waals surface area contributed by atoms with Crippen molar-refractivity contribution in [1.82, 2.24) is 0 Å². The van der Waals surface area contributed by atoms with Crippen LogP contribution < -0.4 is 4.90 Å². The Balaban J connectivity index is 1.38. The van der Waals surface area contributed by atoms with Crippen molar-refractivity contribution < 1.29 is 24.7 Å². The zero-order valence-electron chi connectivity index (χ0n) is 48.1. The predicted octanol–water partition coefficient (Wildman–Crippen LogP) is 15.8. The minimum Gasteiger partial charge on any atom is -0.310 e. The van der Waals surface area contributed by atoms with Gasteiger partial charge in [0.1, 0.15) is 0 Å². The molecule has 268 valence electrons. The van der Waals surface area contributed by atoms with Crippen LogP contribution in [0.4, 0.5) is 17.1 Å². The standard InChI is InChI=1S/C56H39N/c1-4-15-40(16-5-1)47-32-38-55(54(39-47)43-19-8-3-9-20-43)57(48-33-27-45(28-34-48)51-26-14-23-41-21-10-12-24-50(41)51)49-35-29-46(30-36-49)56-52-25-13-11-22-44(52)31-37-53(56)42-17-6-2-7-18-42/h1-39H/i10D,12D,14D,21D,23D,24D,26D,27D,28D,29D,30D,32D,33D,34D,35D,36D,38D,39D. The molecule has 10 aromatic rings. The molecular weight excluding hydrogens is 687 g/mol. The normalized spacial score (nSPS) is 15.6. The van der Waals surface area contributed by atoms with E-state index in [1.165, 1.54) is 0 Å². The molecule has 0 aliphatic heterocycles. The predicted molar refractivity (Wildman–Crippen MR) is 243 cm³/mol. The maximum absolute atomic E-state index is 9.99. The van der Waals surface area contributed by atoms with E-state index in [0.717, 1.165) is 10.3 Å². The molecule has 0 heterocycles. The van der Waals surface area contributed by atoms with Crippen molar-refractivity contribution in [2.24, 2.45) is 0 Å². The number of benzene rings is 10. The summed E-state index contributed by atoms with van der Waals surface area (Å²) >= 11 is 0. The van der Waals surface area contributed by atoms with Gasteiger partial charge in [-0.05, 0) is 108 Å². The lowest BCUT2D eigenvalue weighted by Crippen LogP contribution is -2.11. The fourth-order valence-corrected chi connectivity index (χ4v) is 6.95. The summed E-state index contributed by atoms with van der Waals surface area (Å²) in [5.41, 5.74) is -1.18. The number of anilines is 3. The van der Waals surface area contributed by atoms with Crippen LogP contribution in [-0.2, 0) is 0 Å². The number of rotatable bonds is 8. The molecule has 0 amide bonds. The largest absolute Gasteiger partial charge is 0.310 e. The molecule has 0 aliphatic rings. The van der Waals surface area contributed by atoms with E-state index in [0.29, 0.717) is 27.6 Å². The van der Waals surface area contributed by atoms with Crippen molar-refractivity contribution in [3.63, 3.8) is 0 Å². The maximum atomic E-state index is 9.99. The summed E-state index contributed by atoms with van der Waals surface area (Å²) in [6, 6.07) is 23.2. The van der Waals surface area contributed by atoms with Crippen LogP contribution in [0, 0.1) is 0 Å². The summed E-state index contributed by atoms with van der Waals surface area (Å²) < 4.78 is 169. The van der Waals surface area contributed by atoms with Crippen LogP contribution in [0.5, 0.6) is 0 Å². The van der Waals surface area contributed by atoms with E-state index in [1.54, 1.807) is 72.8 Å². The summed E-state index contributed by atoms with van der Waals surface area (Å²) in [6.45, 7) is 0. The van der Waals surface area contributed by atoms with Crippen LogP contribution in [0.15, 0.2) is 236 Å². The average molecular weight is 744 g/mol.